The van der Waals surface area contributed by atoms with Gasteiger partial charge in [-0.1, -0.05) is 19.8 Å². The molecule has 0 atom stereocenters. The molecule has 1 heterocycles. The Hall–Kier alpha value is -2.11. The zero-order valence-corrected chi connectivity index (χ0v) is 10.5. The summed E-state index contributed by atoms with van der Waals surface area (Å²) in [6, 6.07) is 3.15. The van der Waals surface area contributed by atoms with Gasteiger partial charge < -0.3 is 10.6 Å². The molecule has 0 aliphatic carbocycles. The molecule has 0 aromatic carbocycles. The van der Waals surface area contributed by atoms with Gasteiger partial charge in [-0.25, -0.2) is 4.79 Å². The molecule has 0 fully saturated rings. The van der Waals surface area contributed by atoms with Gasteiger partial charge in [-0.3, -0.25) is 15.7 Å². The van der Waals surface area contributed by atoms with Crippen LogP contribution in [0.15, 0.2) is 24.5 Å². The van der Waals surface area contributed by atoms with Gasteiger partial charge >= 0.3 is 6.03 Å². The maximum Gasteiger partial charge on any atom is 0.321 e. The van der Waals surface area contributed by atoms with Gasteiger partial charge in [0.2, 0.25) is 5.96 Å². The number of nitrogens with zero attached hydrogens (tertiary/aromatic N) is 1. The van der Waals surface area contributed by atoms with E-state index in [2.05, 4.69) is 27.9 Å². The Morgan fingerprint density at radius 2 is 2.28 bits per heavy atom. The van der Waals surface area contributed by atoms with Crippen molar-refractivity contribution in [2.45, 2.75) is 26.2 Å². The molecule has 18 heavy (non-hydrogen) atoms. The maximum atomic E-state index is 11.4. The third kappa shape index (κ3) is 5.83. The second-order valence-corrected chi connectivity index (χ2v) is 3.83. The summed E-state index contributed by atoms with van der Waals surface area (Å²) in [7, 11) is 0. The van der Waals surface area contributed by atoms with Gasteiger partial charge in [-0.15, -0.1) is 0 Å². The predicted molar refractivity (Wildman–Crippen MR) is 71.6 cm³/mol. The molecule has 1 rings (SSSR count). The van der Waals surface area contributed by atoms with Gasteiger partial charge in [0.25, 0.3) is 0 Å². The molecule has 1 aromatic heterocycles. The van der Waals surface area contributed by atoms with Crippen molar-refractivity contribution in [1.82, 2.24) is 15.6 Å². The highest BCUT2D eigenvalue weighted by Gasteiger charge is 2.03. The second-order valence-electron chi connectivity index (χ2n) is 3.83. The smallest absolute Gasteiger partial charge is 0.321 e. The largest absolute Gasteiger partial charge is 0.338 e. The first-order valence-electron chi connectivity index (χ1n) is 6.03. The molecule has 6 nitrogen and oxygen atoms in total. The van der Waals surface area contributed by atoms with Crippen LogP contribution in [0.25, 0.3) is 0 Å². The van der Waals surface area contributed by atoms with Crippen LogP contribution in [-0.2, 0) is 0 Å². The normalized spacial score (nSPS) is 9.61. The summed E-state index contributed by atoms with van der Waals surface area (Å²) in [5.41, 5.74) is 0.661. The number of amides is 2. The zero-order chi connectivity index (χ0) is 13.2. The van der Waals surface area contributed by atoms with Crippen LogP contribution < -0.4 is 16.0 Å². The van der Waals surface area contributed by atoms with Crippen LogP contribution in [0.5, 0.6) is 0 Å². The van der Waals surface area contributed by atoms with E-state index in [1.807, 2.05) is 0 Å². The van der Waals surface area contributed by atoms with E-state index in [-0.39, 0.29) is 12.0 Å². The zero-order valence-electron chi connectivity index (χ0n) is 10.5. The fourth-order valence-electron chi connectivity index (χ4n) is 1.35. The molecule has 0 spiro atoms. The van der Waals surface area contributed by atoms with Gasteiger partial charge in [-0.05, 0) is 18.6 Å². The number of anilines is 1. The predicted octanol–water partition coefficient (Wildman–Crippen LogP) is 1.92. The van der Waals surface area contributed by atoms with E-state index in [0.29, 0.717) is 12.2 Å². The van der Waals surface area contributed by atoms with Gasteiger partial charge in [0.05, 0.1) is 11.9 Å². The topological polar surface area (TPSA) is 89.9 Å². The number of guanidine groups is 1. The van der Waals surface area contributed by atoms with E-state index in [0.717, 1.165) is 19.3 Å². The summed E-state index contributed by atoms with van der Waals surface area (Å²) >= 11 is 0. The highest BCUT2D eigenvalue weighted by molar-refractivity contribution is 6.01. The lowest BCUT2D eigenvalue weighted by atomic mass is 10.2. The Morgan fingerprint density at radius 3 is 2.94 bits per heavy atom. The number of nitrogens with one attached hydrogen (secondary N) is 4. The molecule has 0 unspecified atom stereocenters. The summed E-state index contributed by atoms with van der Waals surface area (Å²) in [6.45, 7) is 2.73. The summed E-state index contributed by atoms with van der Waals surface area (Å²) < 4.78 is 0. The number of hydrogen-bond acceptors (Lipinski definition) is 3. The third-order valence-electron chi connectivity index (χ3n) is 2.24. The molecule has 6 heteroatoms. The van der Waals surface area contributed by atoms with Crippen molar-refractivity contribution in [2.24, 2.45) is 0 Å². The van der Waals surface area contributed by atoms with E-state index in [1.165, 1.54) is 0 Å². The molecule has 0 aliphatic heterocycles. The highest BCUT2D eigenvalue weighted by atomic mass is 16.2. The van der Waals surface area contributed by atoms with Crippen LogP contribution in [0.3, 0.4) is 0 Å². The Balaban J connectivity index is 2.21. The molecule has 1 aromatic rings. The Morgan fingerprint density at radius 1 is 1.44 bits per heavy atom. The fraction of sp³-hybridized carbons (Fsp3) is 0.417. The van der Waals surface area contributed by atoms with Gasteiger partial charge in [0.1, 0.15) is 0 Å². The van der Waals surface area contributed by atoms with Crippen molar-refractivity contribution in [3.8, 4) is 0 Å². The Labute approximate surface area is 107 Å². The molecular weight excluding hydrogens is 230 g/mol. The highest BCUT2D eigenvalue weighted by Crippen LogP contribution is 2.01. The SMILES string of the molecule is CCCCCNC(=O)NC(=N)Nc1cccnc1. The Bertz CT molecular complexity index is 379. The Kier molecular flexibility index (Phi) is 6.24. The van der Waals surface area contributed by atoms with E-state index in [1.54, 1.807) is 24.5 Å². The number of carbonyl (C=O) groups excluding carboxylic acids is 1. The summed E-state index contributed by atoms with van der Waals surface area (Å²) in [4.78, 5) is 15.3. The van der Waals surface area contributed by atoms with Crippen molar-refractivity contribution in [3.05, 3.63) is 24.5 Å². The third-order valence-corrected chi connectivity index (χ3v) is 2.24. The summed E-state index contributed by atoms with van der Waals surface area (Å²) in [5, 5.41) is 15.4. The minimum absolute atomic E-state index is 0.0732. The van der Waals surface area contributed by atoms with E-state index in [9.17, 15) is 4.79 Å². The number of aromatic nitrogens is 1. The van der Waals surface area contributed by atoms with Crippen LogP contribution in [0.4, 0.5) is 10.5 Å². The van der Waals surface area contributed by atoms with Crippen LogP contribution in [0.1, 0.15) is 26.2 Å². The van der Waals surface area contributed by atoms with Gasteiger partial charge in [-0.2, -0.15) is 0 Å². The average Bonchev–Trinajstić information content (AvgIpc) is 2.35. The van der Waals surface area contributed by atoms with E-state index < -0.39 is 0 Å². The minimum Gasteiger partial charge on any atom is -0.338 e. The number of urea groups is 1. The van der Waals surface area contributed by atoms with Crippen molar-refractivity contribution in [1.29, 1.82) is 5.41 Å². The van der Waals surface area contributed by atoms with E-state index >= 15 is 0 Å². The van der Waals surface area contributed by atoms with Crippen molar-refractivity contribution in [2.75, 3.05) is 11.9 Å². The molecule has 0 aliphatic rings. The molecule has 0 radical (unpaired) electrons. The van der Waals surface area contributed by atoms with Crippen molar-refractivity contribution < 1.29 is 4.79 Å². The summed E-state index contributed by atoms with van der Waals surface area (Å²) in [5.74, 6) is -0.0732. The number of unbranched alkanes of at least 4 members (excludes halogenated alkanes) is 2. The second kappa shape index (κ2) is 8.05. The fourth-order valence-corrected chi connectivity index (χ4v) is 1.35. The first-order chi connectivity index (χ1) is 8.72. The molecule has 98 valence electrons. The lowest BCUT2D eigenvalue weighted by Crippen LogP contribution is -2.42. The number of pyridine rings is 1. The summed E-state index contributed by atoms with van der Waals surface area (Å²) in [6.07, 6.45) is 6.37. The molecule has 0 bridgehead atoms. The number of hydrogen-bond donors (Lipinski definition) is 4. The molecular formula is C12H19N5O. The lowest BCUT2D eigenvalue weighted by molar-refractivity contribution is 0.245. The van der Waals surface area contributed by atoms with Crippen molar-refractivity contribution in [3.63, 3.8) is 0 Å². The molecule has 2 amide bonds. The standard InChI is InChI=1S/C12H19N5O/c1-2-3-4-8-15-12(18)17-11(13)16-10-6-5-7-14-9-10/h5-7,9H,2-4,8H2,1H3,(H4,13,15,16,17,18). The first-order valence-corrected chi connectivity index (χ1v) is 6.03. The van der Waals surface area contributed by atoms with Gasteiger partial charge in [0, 0.05) is 12.7 Å². The molecule has 0 saturated heterocycles. The maximum absolute atomic E-state index is 11.4. The monoisotopic (exact) mass is 249 g/mol. The molecule has 4 N–H and O–H groups in total. The minimum atomic E-state index is -0.368. The quantitative estimate of drug-likeness (QED) is 0.365. The number of rotatable bonds is 5. The van der Waals surface area contributed by atoms with Crippen molar-refractivity contribution >= 4 is 17.7 Å². The first kappa shape index (κ1) is 14.0. The average molecular weight is 249 g/mol. The van der Waals surface area contributed by atoms with Crippen LogP contribution in [0.2, 0.25) is 0 Å². The molecule has 0 saturated carbocycles. The number of carbonyl (C=O) groups is 1. The van der Waals surface area contributed by atoms with Crippen LogP contribution >= 0.6 is 0 Å². The van der Waals surface area contributed by atoms with Crippen LogP contribution in [0, 0.1) is 5.41 Å². The van der Waals surface area contributed by atoms with E-state index in [4.69, 9.17) is 5.41 Å². The lowest BCUT2D eigenvalue weighted by Gasteiger charge is -2.09. The van der Waals surface area contributed by atoms with Crippen LogP contribution in [-0.4, -0.2) is 23.5 Å². The van der Waals surface area contributed by atoms with Gasteiger partial charge in [0.15, 0.2) is 0 Å².